The number of ether oxygens (including phenoxy) is 1. The molecule has 2 atom stereocenters. The molecule has 1 aromatic heterocycles. The van der Waals surface area contributed by atoms with Crippen molar-refractivity contribution in [1.82, 2.24) is 9.88 Å². The van der Waals surface area contributed by atoms with E-state index >= 15 is 0 Å². The fourth-order valence-electron chi connectivity index (χ4n) is 2.41. The Hall–Kier alpha value is -1.33. The molecule has 104 valence electrons. The fraction of sp³-hybridized carbons (Fsp3) is 0.571. The van der Waals surface area contributed by atoms with E-state index in [1.54, 1.807) is 0 Å². The van der Waals surface area contributed by atoms with Gasteiger partial charge in [-0.3, -0.25) is 9.78 Å². The predicted molar refractivity (Wildman–Crippen MR) is 69.6 cm³/mol. The van der Waals surface area contributed by atoms with Crippen LogP contribution < -0.4 is 0 Å². The van der Waals surface area contributed by atoms with Gasteiger partial charge in [0.15, 0.2) is 5.78 Å². The Labute approximate surface area is 112 Å². The first-order chi connectivity index (χ1) is 9.08. The normalized spacial score (nSPS) is 22.9. The van der Waals surface area contributed by atoms with Gasteiger partial charge in [0.2, 0.25) is 0 Å². The Morgan fingerprint density at radius 2 is 2.37 bits per heavy atom. The van der Waals surface area contributed by atoms with Crippen LogP contribution in [0.15, 0.2) is 18.3 Å². The van der Waals surface area contributed by atoms with Crippen LogP contribution in [0, 0.1) is 5.82 Å². The number of Topliss-reactive ketones (excluding diaryl/α,β-unsaturated/α-hetero) is 1. The molecule has 0 N–H and O–H groups in total. The molecule has 4 nitrogen and oxygen atoms in total. The van der Waals surface area contributed by atoms with Crippen LogP contribution in [-0.4, -0.2) is 48.0 Å². The summed E-state index contributed by atoms with van der Waals surface area (Å²) in [5, 5.41) is 0. The third-order valence-electron chi connectivity index (χ3n) is 3.61. The van der Waals surface area contributed by atoms with E-state index in [9.17, 15) is 9.18 Å². The topological polar surface area (TPSA) is 42.4 Å². The minimum Gasteiger partial charge on any atom is -0.377 e. The molecule has 5 heteroatoms. The van der Waals surface area contributed by atoms with E-state index in [4.69, 9.17) is 4.74 Å². The molecule has 0 aliphatic carbocycles. The molecule has 1 aliphatic rings. The summed E-state index contributed by atoms with van der Waals surface area (Å²) >= 11 is 0. The van der Waals surface area contributed by atoms with Crippen LogP contribution in [0.25, 0.3) is 0 Å². The van der Waals surface area contributed by atoms with Crippen molar-refractivity contribution in [3.63, 3.8) is 0 Å². The number of rotatable bonds is 5. The molecular weight excluding hydrogens is 247 g/mol. The minimum atomic E-state index is -0.425. The number of carbonyl (C=O) groups excluding carboxylic acids is 1. The van der Waals surface area contributed by atoms with E-state index in [0.717, 1.165) is 19.2 Å². The lowest BCUT2D eigenvalue weighted by molar-refractivity contribution is 0.0791. The molecular formula is C14H19FN2O2. The fourth-order valence-corrected chi connectivity index (χ4v) is 2.41. The van der Waals surface area contributed by atoms with Crippen molar-refractivity contribution >= 4 is 5.78 Å². The highest BCUT2D eigenvalue weighted by molar-refractivity contribution is 5.94. The van der Waals surface area contributed by atoms with Gasteiger partial charge in [0.05, 0.1) is 12.3 Å². The standard InChI is InChI=1S/C14H19FN2O2/c1-10-13(6-8-19-10)17(2)7-5-14(18)12-4-3-11(15)9-16-12/h3-4,9-10,13H,5-8H2,1-2H3. The smallest absolute Gasteiger partial charge is 0.182 e. The van der Waals surface area contributed by atoms with Crippen molar-refractivity contribution in [1.29, 1.82) is 0 Å². The monoisotopic (exact) mass is 266 g/mol. The molecule has 19 heavy (non-hydrogen) atoms. The first-order valence-electron chi connectivity index (χ1n) is 6.54. The maximum Gasteiger partial charge on any atom is 0.182 e. The molecule has 2 rings (SSSR count). The molecule has 1 aliphatic heterocycles. The average molecular weight is 266 g/mol. The number of ketones is 1. The summed E-state index contributed by atoms with van der Waals surface area (Å²) in [5.74, 6) is -0.482. The van der Waals surface area contributed by atoms with Crippen molar-refractivity contribution in [2.45, 2.75) is 31.9 Å². The van der Waals surface area contributed by atoms with Crippen LogP contribution >= 0.6 is 0 Å². The quantitative estimate of drug-likeness (QED) is 0.763. The van der Waals surface area contributed by atoms with E-state index < -0.39 is 5.82 Å². The third-order valence-corrected chi connectivity index (χ3v) is 3.61. The van der Waals surface area contributed by atoms with Gasteiger partial charge in [-0.2, -0.15) is 0 Å². The second-order valence-electron chi connectivity index (χ2n) is 4.95. The SMILES string of the molecule is CC1OCCC1N(C)CCC(=O)c1ccc(F)cn1. The van der Waals surface area contributed by atoms with Gasteiger partial charge in [0.1, 0.15) is 11.5 Å². The first kappa shape index (κ1) is 14.1. The van der Waals surface area contributed by atoms with E-state index in [2.05, 4.69) is 16.8 Å². The summed E-state index contributed by atoms with van der Waals surface area (Å²) in [6.07, 6.45) is 2.67. The zero-order valence-electron chi connectivity index (χ0n) is 11.3. The molecule has 2 heterocycles. The van der Waals surface area contributed by atoms with Crippen LogP contribution in [0.4, 0.5) is 4.39 Å². The molecule has 2 unspecified atom stereocenters. The van der Waals surface area contributed by atoms with Gasteiger partial charge in [-0.15, -0.1) is 0 Å². The summed E-state index contributed by atoms with van der Waals surface area (Å²) in [4.78, 5) is 17.9. The van der Waals surface area contributed by atoms with Crippen LogP contribution in [0.1, 0.15) is 30.3 Å². The van der Waals surface area contributed by atoms with Crippen molar-refractivity contribution in [2.24, 2.45) is 0 Å². The maximum absolute atomic E-state index is 12.7. The summed E-state index contributed by atoms with van der Waals surface area (Å²) in [6.45, 7) is 3.50. The zero-order valence-corrected chi connectivity index (χ0v) is 11.3. The van der Waals surface area contributed by atoms with Crippen molar-refractivity contribution in [2.75, 3.05) is 20.2 Å². The van der Waals surface area contributed by atoms with E-state index in [-0.39, 0.29) is 11.9 Å². The number of pyridine rings is 1. The van der Waals surface area contributed by atoms with Gasteiger partial charge in [0, 0.05) is 25.6 Å². The molecule has 0 aromatic carbocycles. The predicted octanol–water partition coefficient (Wildman–Crippen LogP) is 1.90. The van der Waals surface area contributed by atoms with Gasteiger partial charge < -0.3 is 9.64 Å². The van der Waals surface area contributed by atoms with Crippen LogP contribution in [0.3, 0.4) is 0 Å². The highest BCUT2D eigenvalue weighted by Crippen LogP contribution is 2.18. The third kappa shape index (κ3) is 3.58. The molecule has 1 fully saturated rings. The number of likely N-dealkylation sites (N-methyl/N-ethyl adjacent to an activating group) is 1. The minimum absolute atomic E-state index is 0.0570. The Morgan fingerprint density at radius 1 is 1.58 bits per heavy atom. The summed E-state index contributed by atoms with van der Waals surface area (Å²) in [5.41, 5.74) is 0.325. The number of nitrogens with zero attached hydrogens (tertiary/aromatic N) is 2. The van der Waals surface area contributed by atoms with E-state index in [1.165, 1.54) is 12.1 Å². The second-order valence-corrected chi connectivity index (χ2v) is 4.95. The maximum atomic E-state index is 12.7. The number of hydrogen-bond acceptors (Lipinski definition) is 4. The van der Waals surface area contributed by atoms with Crippen LogP contribution in [-0.2, 0) is 4.74 Å². The Morgan fingerprint density at radius 3 is 2.95 bits per heavy atom. The molecule has 0 spiro atoms. The number of aromatic nitrogens is 1. The Bertz CT molecular complexity index is 436. The van der Waals surface area contributed by atoms with Crippen LogP contribution in [0.2, 0.25) is 0 Å². The molecule has 1 aromatic rings. The van der Waals surface area contributed by atoms with Gasteiger partial charge in [-0.1, -0.05) is 0 Å². The van der Waals surface area contributed by atoms with Gasteiger partial charge >= 0.3 is 0 Å². The molecule has 0 amide bonds. The van der Waals surface area contributed by atoms with Gasteiger partial charge in [0.25, 0.3) is 0 Å². The Kier molecular flexibility index (Phi) is 4.61. The number of hydrogen-bond donors (Lipinski definition) is 0. The van der Waals surface area contributed by atoms with Crippen molar-refractivity contribution in [3.05, 3.63) is 29.8 Å². The van der Waals surface area contributed by atoms with Gasteiger partial charge in [-0.25, -0.2) is 4.39 Å². The lowest BCUT2D eigenvalue weighted by Crippen LogP contribution is -2.38. The summed E-state index contributed by atoms with van der Waals surface area (Å²) < 4.78 is 18.2. The number of halogens is 1. The average Bonchev–Trinajstić information content (AvgIpc) is 2.83. The summed E-state index contributed by atoms with van der Waals surface area (Å²) in [6, 6.07) is 3.06. The van der Waals surface area contributed by atoms with E-state index in [0.29, 0.717) is 24.7 Å². The lowest BCUT2D eigenvalue weighted by Gasteiger charge is -2.26. The van der Waals surface area contributed by atoms with E-state index in [1.807, 2.05) is 7.05 Å². The first-order valence-corrected chi connectivity index (χ1v) is 6.54. The Balaban J connectivity index is 1.84. The van der Waals surface area contributed by atoms with Crippen molar-refractivity contribution in [3.8, 4) is 0 Å². The zero-order chi connectivity index (χ0) is 13.8. The number of carbonyl (C=O) groups is 1. The van der Waals surface area contributed by atoms with Crippen LogP contribution in [0.5, 0.6) is 0 Å². The lowest BCUT2D eigenvalue weighted by atomic mass is 10.1. The molecule has 0 bridgehead atoms. The molecule has 0 radical (unpaired) electrons. The summed E-state index contributed by atoms with van der Waals surface area (Å²) in [7, 11) is 2.00. The second kappa shape index (κ2) is 6.21. The molecule has 0 saturated carbocycles. The highest BCUT2D eigenvalue weighted by Gasteiger charge is 2.27. The largest absolute Gasteiger partial charge is 0.377 e. The van der Waals surface area contributed by atoms with Crippen molar-refractivity contribution < 1.29 is 13.9 Å². The van der Waals surface area contributed by atoms with Gasteiger partial charge in [-0.05, 0) is 32.5 Å². The highest BCUT2D eigenvalue weighted by atomic mass is 19.1. The molecule has 1 saturated heterocycles.